The Labute approximate surface area is 173 Å². The SMILES string of the molecule is CCOC(=O)c1ccc(NC(=O)Cn2cnc(-c3ccccc3OC)cc2=O)cc1. The smallest absolute Gasteiger partial charge is 0.338 e. The summed E-state index contributed by atoms with van der Waals surface area (Å²) in [6.07, 6.45) is 1.33. The molecular formula is C22H21N3O5. The van der Waals surface area contributed by atoms with Crippen LogP contribution in [0.4, 0.5) is 5.69 Å². The Kier molecular flexibility index (Phi) is 6.59. The maximum Gasteiger partial charge on any atom is 0.338 e. The second kappa shape index (κ2) is 9.51. The minimum atomic E-state index is -0.428. The molecule has 0 unspecified atom stereocenters. The number of nitrogens with zero attached hydrogens (tertiary/aromatic N) is 2. The molecule has 0 saturated carbocycles. The van der Waals surface area contributed by atoms with Crippen LogP contribution in [0.15, 0.2) is 65.7 Å². The van der Waals surface area contributed by atoms with Gasteiger partial charge in [-0.1, -0.05) is 12.1 Å². The average Bonchev–Trinajstić information content (AvgIpc) is 2.75. The third kappa shape index (κ3) is 4.91. The van der Waals surface area contributed by atoms with Crippen molar-refractivity contribution < 1.29 is 19.1 Å². The lowest BCUT2D eigenvalue weighted by Gasteiger charge is -2.10. The van der Waals surface area contributed by atoms with Gasteiger partial charge in [0.1, 0.15) is 12.3 Å². The third-order valence-corrected chi connectivity index (χ3v) is 4.26. The number of aromatic nitrogens is 2. The highest BCUT2D eigenvalue weighted by Gasteiger charge is 2.11. The molecule has 0 atom stereocenters. The second-order valence-corrected chi connectivity index (χ2v) is 6.29. The van der Waals surface area contributed by atoms with E-state index in [0.717, 1.165) is 0 Å². The van der Waals surface area contributed by atoms with Crippen LogP contribution in [0.3, 0.4) is 0 Å². The van der Waals surface area contributed by atoms with Crippen LogP contribution in [0.2, 0.25) is 0 Å². The van der Waals surface area contributed by atoms with E-state index in [2.05, 4.69) is 10.3 Å². The predicted molar refractivity (Wildman–Crippen MR) is 112 cm³/mol. The van der Waals surface area contributed by atoms with E-state index < -0.39 is 11.9 Å². The van der Waals surface area contributed by atoms with Crippen LogP contribution in [-0.4, -0.2) is 35.1 Å². The number of ether oxygens (including phenoxy) is 2. The zero-order chi connectivity index (χ0) is 21.5. The summed E-state index contributed by atoms with van der Waals surface area (Å²) in [5, 5.41) is 2.68. The number of methoxy groups -OCH3 is 1. The summed E-state index contributed by atoms with van der Waals surface area (Å²) in [5.74, 6) is -0.220. The van der Waals surface area contributed by atoms with Crippen molar-refractivity contribution in [3.05, 3.63) is 76.8 Å². The van der Waals surface area contributed by atoms with Crippen LogP contribution in [0, 0.1) is 0 Å². The molecule has 30 heavy (non-hydrogen) atoms. The molecule has 0 aliphatic heterocycles. The molecule has 0 aliphatic rings. The molecule has 0 saturated heterocycles. The first-order valence-corrected chi connectivity index (χ1v) is 9.28. The Hall–Kier alpha value is -3.94. The first kappa shape index (κ1) is 20.8. The molecule has 0 spiro atoms. The number of nitrogens with one attached hydrogen (secondary N) is 1. The van der Waals surface area contributed by atoms with Crippen LogP contribution in [0.5, 0.6) is 5.75 Å². The number of carbonyl (C=O) groups is 2. The number of carbonyl (C=O) groups excluding carboxylic acids is 2. The van der Waals surface area contributed by atoms with Gasteiger partial charge in [0.05, 0.1) is 31.3 Å². The Morgan fingerprint density at radius 2 is 1.83 bits per heavy atom. The fraction of sp³-hybridized carbons (Fsp3) is 0.182. The van der Waals surface area contributed by atoms with E-state index in [9.17, 15) is 14.4 Å². The molecular weight excluding hydrogens is 386 g/mol. The van der Waals surface area contributed by atoms with Gasteiger partial charge < -0.3 is 14.8 Å². The number of amides is 1. The fourth-order valence-electron chi connectivity index (χ4n) is 2.81. The van der Waals surface area contributed by atoms with E-state index in [4.69, 9.17) is 9.47 Å². The highest BCUT2D eigenvalue weighted by atomic mass is 16.5. The highest BCUT2D eigenvalue weighted by molar-refractivity contribution is 5.93. The first-order chi connectivity index (χ1) is 14.5. The van der Waals surface area contributed by atoms with Gasteiger partial charge in [-0.25, -0.2) is 9.78 Å². The summed E-state index contributed by atoms with van der Waals surface area (Å²) >= 11 is 0. The van der Waals surface area contributed by atoms with Crippen molar-refractivity contribution in [2.24, 2.45) is 0 Å². The molecule has 3 aromatic rings. The topological polar surface area (TPSA) is 99.5 Å². The average molecular weight is 407 g/mol. The normalized spacial score (nSPS) is 10.3. The molecule has 0 radical (unpaired) electrons. The van der Waals surface area contributed by atoms with Crippen molar-refractivity contribution in [2.45, 2.75) is 13.5 Å². The largest absolute Gasteiger partial charge is 0.496 e. The predicted octanol–water partition coefficient (Wildman–Crippen LogP) is 2.73. The van der Waals surface area contributed by atoms with E-state index in [1.807, 2.05) is 12.1 Å². The molecule has 1 aromatic heterocycles. The number of anilines is 1. The molecule has 0 fully saturated rings. The van der Waals surface area contributed by atoms with Crippen LogP contribution in [0.25, 0.3) is 11.3 Å². The number of benzene rings is 2. The monoisotopic (exact) mass is 407 g/mol. The lowest BCUT2D eigenvalue weighted by Crippen LogP contribution is -2.27. The standard InChI is InChI=1S/C22H21N3O5/c1-3-30-22(28)15-8-10-16(11-9-15)24-20(26)13-25-14-23-18(12-21(25)27)17-6-4-5-7-19(17)29-2/h4-12,14H,3,13H2,1-2H3,(H,24,26). The van der Waals surface area contributed by atoms with Crippen LogP contribution < -0.4 is 15.6 Å². The number of hydrogen-bond donors (Lipinski definition) is 1. The van der Waals surface area contributed by atoms with Gasteiger partial charge in [0.25, 0.3) is 5.56 Å². The molecule has 8 nitrogen and oxygen atoms in total. The van der Waals surface area contributed by atoms with Gasteiger partial charge in [-0.05, 0) is 43.3 Å². The molecule has 0 bridgehead atoms. The Morgan fingerprint density at radius 1 is 1.10 bits per heavy atom. The molecule has 3 rings (SSSR count). The van der Waals surface area contributed by atoms with E-state index in [0.29, 0.717) is 28.3 Å². The van der Waals surface area contributed by atoms with Crippen molar-refractivity contribution in [1.82, 2.24) is 9.55 Å². The Morgan fingerprint density at radius 3 is 2.50 bits per heavy atom. The first-order valence-electron chi connectivity index (χ1n) is 9.28. The van der Waals surface area contributed by atoms with Gasteiger partial charge in [0, 0.05) is 17.3 Å². The van der Waals surface area contributed by atoms with Gasteiger partial charge >= 0.3 is 5.97 Å². The molecule has 0 aliphatic carbocycles. The summed E-state index contributed by atoms with van der Waals surface area (Å²) in [7, 11) is 1.55. The van der Waals surface area contributed by atoms with Gasteiger partial charge in [0.2, 0.25) is 5.91 Å². The van der Waals surface area contributed by atoms with Crippen molar-refractivity contribution in [2.75, 3.05) is 19.0 Å². The number of rotatable bonds is 7. The number of para-hydroxylation sites is 1. The van der Waals surface area contributed by atoms with Crippen molar-refractivity contribution in [1.29, 1.82) is 0 Å². The van der Waals surface area contributed by atoms with Crippen molar-refractivity contribution in [3.8, 4) is 17.0 Å². The van der Waals surface area contributed by atoms with Gasteiger partial charge in [0.15, 0.2) is 0 Å². The van der Waals surface area contributed by atoms with Gasteiger partial charge in [-0.15, -0.1) is 0 Å². The quantitative estimate of drug-likeness (QED) is 0.605. The maximum absolute atomic E-state index is 12.4. The summed E-state index contributed by atoms with van der Waals surface area (Å²) in [6.45, 7) is 1.82. The molecule has 1 amide bonds. The van der Waals surface area contributed by atoms with Crippen molar-refractivity contribution in [3.63, 3.8) is 0 Å². The van der Waals surface area contributed by atoms with Crippen molar-refractivity contribution >= 4 is 17.6 Å². The summed E-state index contributed by atoms with van der Waals surface area (Å²) in [6, 6.07) is 14.9. The molecule has 154 valence electrons. The maximum atomic E-state index is 12.4. The molecule has 1 heterocycles. The van der Waals surface area contributed by atoms with E-state index >= 15 is 0 Å². The Balaban J connectivity index is 1.68. The lowest BCUT2D eigenvalue weighted by molar-refractivity contribution is -0.116. The summed E-state index contributed by atoms with van der Waals surface area (Å²) in [4.78, 5) is 40.7. The highest BCUT2D eigenvalue weighted by Crippen LogP contribution is 2.26. The van der Waals surface area contributed by atoms with E-state index in [1.165, 1.54) is 17.0 Å². The Bertz CT molecular complexity index is 1110. The fourth-order valence-corrected chi connectivity index (χ4v) is 2.81. The van der Waals surface area contributed by atoms with Crippen LogP contribution in [-0.2, 0) is 16.1 Å². The minimum Gasteiger partial charge on any atom is -0.496 e. The summed E-state index contributed by atoms with van der Waals surface area (Å²) in [5.41, 5.74) is 1.68. The molecule has 2 aromatic carbocycles. The molecule has 8 heteroatoms. The lowest BCUT2D eigenvalue weighted by atomic mass is 10.1. The zero-order valence-electron chi connectivity index (χ0n) is 16.6. The number of esters is 1. The second-order valence-electron chi connectivity index (χ2n) is 6.29. The third-order valence-electron chi connectivity index (χ3n) is 4.26. The van der Waals surface area contributed by atoms with Crippen LogP contribution >= 0.6 is 0 Å². The van der Waals surface area contributed by atoms with E-state index in [-0.39, 0.29) is 18.7 Å². The summed E-state index contributed by atoms with van der Waals surface area (Å²) < 4.78 is 11.4. The van der Waals surface area contributed by atoms with Gasteiger partial charge in [-0.3, -0.25) is 14.2 Å². The molecule has 1 N–H and O–H groups in total. The number of hydrogen-bond acceptors (Lipinski definition) is 6. The van der Waals surface area contributed by atoms with Gasteiger partial charge in [-0.2, -0.15) is 0 Å². The van der Waals surface area contributed by atoms with Crippen LogP contribution in [0.1, 0.15) is 17.3 Å². The zero-order valence-corrected chi connectivity index (χ0v) is 16.6. The minimum absolute atomic E-state index is 0.197. The van der Waals surface area contributed by atoms with E-state index in [1.54, 1.807) is 50.4 Å².